The van der Waals surface area contributed by atoms with Gasteiger partial charge in [0.05, 0.1) is 0 Å². The fraction of sp³-hybridized carbons (Fsp3) is 0.267. The van der Waals surface area contributed by atoms with Gasteiger partial charge in [-0.05, 0) is 36.5 Å². The summed E-state index contributed by atoms with van der Waals surface area (Å²) in [6.45, 7) is 0. The van der Waals surface area contributed by atoms with Gasteiger partial charge in [0.1, 0.15) is 0 Å². The summed E-state index contributed by atoms with van der Waals surface area (Å²) in [7, 11) is 0. The van der Waals surface area contributed by atoms with Crippen LogP contribution >= 0.6 is 0 Å². The molecule has 1 aliphatic rings. The zero-order chi connectivity index (χ0) is 11.7. The number of hydrogen-bond acceptors (Lipinski definition) is 1. The van der Waals surface area contributed by atoms with Crippen molar-refractivity contribution >= 4 is 5.78 Å². The number of H-pyrrole nitrogens is 1. The normalized spacial score (nSPS) is 18.7. The number of aromatic amines is 1. The number of aromatic nitrogens is 1. The van der Waals surface area contributed by atoms with Crippen LogP contribution in [0.1, 0.15) is 40.2 Å². The highest BCUT2D eigenvalue weighted by Gasteiger charge is 2.26. The van der Waals surface area contributed by atoms with Gasteiger partial charge < -0.3 is 4.98 Å². The van der Waals surface area contributed by atoms with Crippen LogP contribution in [-0.4, -0.2) is 10.8 Å². The molecule has 1 atom stereocenters. The molecule has 1 N–H and O–H groups in total. The van der Waals surface area contributed by atoms with Gasteiger partial charge in [0.25, 0.3) is 0 Å². The van der Waals surface area contributed by atoms with E-state index in [0.29, 0.717) is 0 Å². The van der Waals surface area contributed by atoms with Crippen molar-refractivity contribution in [2.24, 2.45) is 0 Å². The molecule has 0 amide bonds. The maximum absolute atomic E-state index is 12.4. The van der Waals surface area contributed by atoms with Crippen LogP contribution in [0, 0.1) is 0 Å². The number of ketones is 1. The molecule has 0 radical (unpaired) electrons. The monoisotopic (exact) mass is 225 g/mol. The van der Waals surface area contributed by atoms with Gasteiger partial charge in [-0.15, -0.1) is 0 Å². The molecule has 1 aliphatic carbocycles. The Bertz CT molecular complexity index is 528. The van der Waals surface area contributed by atoms with Crippen LogP contribution in [0.4, 0.5) is 0 Å². The van der Waals surface area contributed by atoms with Gasteiger partial charge in [-0.25, -0.2) is 0 Å². The fourth-order valence-electron chi connectivity index (χ4n) is 2.70. The molecule has 0 saturated carbocycles. The average molecular weight is 225 g/mol. The summed E-state index contributed by atoms with van der Waals surface area (Å²) in [6.07, 6.45) is 6.79. The quantitative estimate of drug-likeness (QED) is 0.781. The summed E-state index contributed by atoms with van der Waals surface area (Å²) in [5.74, 6) is 0.300. The number of benzene rings is 1. The third-order valence-electron chi connectivity index (χ3n) is 3.57. The van der Waals surface area contributed by atoms with E-state index in [2.05, 4.69) is 23.2 Å². The first-order valence-corrected chi connectivity index (χ1v) is 6.11. The van der Waals surface area contributed by atoms with Gasteiger partial charge in [0, 0.05) is 23.9 Å². The molecule has 0 spiro atoms. The summed E-state index contributed by atoms with van der Waals surface area (Å²) in [5, 5.41) is 0. The Balaban J connectivity index is 1.98. The molecule has 0 aliphatic heterocycles. The average Bonchev–Trinajstić information content (AvgIpc) is 2.91. The SMILES string of the molecule is O=C(c1cc[nH]c1)C1CCCc2ccccc21. The third kappa shape index (κ3) is 1.80. The molecule has 1 aromatic carbocycles. The first-order chi connectivity index (χ1) is 8.36. The lowest BCUT2D eigenvalue weighted by molar-refractivity contribution is 0.0951. The van der Waals surface area contributed by atoms with Gasteiger partial charge in [-0.2, -0.15) is 0 Å². The van der Waals surface area contributed by atoms with E-state index in [1.54, 1.807) is 6.20 Å². The van der Waals surface area contributed by atoms with Gasteiger partial charge in [0.2, 0.25) is 0 Å². The predicted octanol–water partition coefficient (Wildman–Crippen LogP) is 3.32. The van der Waals surface area contributed by atoms with E-state index in [1.807, 2.05) is 18.3 Å². The number of aryl methyl sites for hydroxylation is 1. The van der Waals surface area contributed by atoms with E-state index >= 15 is 0 Å². The molecule has 0 fully saturated rings. The van der Waals surface area contributed by atoms with E-state index in [4.69, 9.17) is 0 Å². The van der Waals surface area contributed by atoms with E-state index in [-0.39, 0.29) is 11.7 Å². The molecule has 3 rings (SSSR count). The molecule has 2 aromatic rings. The van der Waals surface area contributed by atoms with Crippen LogP contribution in [0.15, 0.2) is 42.7 Å². The molecular weight excluding hydrogens is 210 g/mol. The maximum Gasteiger partial charge on any atom is 0.171 e. The summed E-state index contributed by atoms with van der Waals surface area (Å²) in [4.78, 5) is 15.4. The Morgan fingerprint density at radius 2 is 2.12 bits per heavy atom. The highest BCUT2D eigenvalue weighted by Crippen LogP contribution is 2.33. The van der Waals surface area contributed by atoms with Crippen LogP contribution in [0.25, 0.3) is 0 Å². The highest BCUT2D eigenvalue weighted by atomic mass is 16.1. The first kappa shape index (κ1) is 10.3. The number of rotatable bonds is 2. The molecule has 2 heteroatoms. The van der Waals surface area contributed by atoms with E-state index in [9.17, 15) is 4.79 Å². The van der Waals surface area contributed by atoms with Crippen molar-refractivity contribution in [3.8, 4) is 0 Å². The van der Waals surface area contributed by atoms with Crippen molar-refractivity contribution in [2.45, 2.75) is 25.2 Å². The summed E-state index contributed by atoms with van der Waals surface area (Å²) in [5.41, 5.74) is 3.37. The smallest absolute Gasteiger partial charge is 0.171 e. The predicted molar refractivity (Wildman–Crippen MR) is 67.2 cm³/mol. The zero-order valence-corrected chi connectivity index (χ0v) is 9.65. The van der Waals surface area contributed by atoms with Crippen molar-refractivity contribution in [2.75, 3.05) is 0 Å². The molecule has 0 saturated heterocycles. The van der Waals surface area contributed by atoms with Crippen molar-refractivity contribution in [3.05, 3.63) is 59.4 Å². The Morgan fingerprint density at radius 1 is 1.24 bits per heavy atom. The Labute approximate surface area is 101 Å². The summed E-state index contributed by atoms with van der Waals surface area (Å²) < 4.78 is 0. The second-order valence-electron chi connectivity index (χ2n) is 4.61. The van der Waals surface area contributed by atoms with Gasteiger partial charge in [-0.3, -0.25) is 4.79 Å². The first-order valence-electron chi connectivity index (χ1n) is 6.11. The Kier molecular flexibility index (Phi) is 2.56. The highest BCUT2D eigenvalue weighted by molar-refractivity contribution is 6.01. The minimum absolute atomic E-state index is 0.0516. The topological polar surface area (TPSA) is 32.9 Å². The minimum atomic E-state index is 0.0516. The van der Waals surface area contributed by atoms with Crippen LogP contribution in [0.3, 0.4) is 0 Å². The van der Waals surface area contributed by atoms with Crippen molar-refractivity contribution in [1.82, 2.24) is 4.98 Å². The van der Waals surface area contributed by atoms with Crippen molar-refractivity contribution in [3.63, 3.8) is 0 Å². The molecule has 2 nitrogen and oxygen atoms in total. The Morgan fingerprint density at radius 3 is 2.94 bits per heavy atom. The number of carbonyl (C=O) groups excluding carboxylic acids is 1. The third-order valence-corrected chi connectivity index (χ3v) is 3.57. The van der Waals surface area contributed by atoms with Gasteiger partial charge in [0.15, 0.2) is 5.78 Å². The molecule has 1 unspecified atom stereocenters. The fourth-order valence-corrected chi connectivity index (χ4v) is 2.70. The second kappa shape index (κ2) is 4.21. The Hall–Kier alpha value is -1.83. The number of nitrogens with one attached hydrogen (secondary N) is 1. The molecule has 86 valence electrons. The van der Waals surface area contributed by atoms with Gasteiger partial charge in [-0.1, -0.05) is 24.3 Å². The van der Waals surface area contributed by atoms with E-state index in [0.717, 1.165) is 24.8 Å². The lowest BCUT2D eigenvalue weighted by atomic mass is 9.79. The number of carbonyl (C=O) groups is 1. The molecule has 1 heterocycles. The largest absolute Gasteiger partial charge is 0.367 e. The summed E-state index contributed by atoms with van der Waals surface area (Å²) >= 11 is 0. The molecule has 0 bridgehead atoms. The van der Waals surface area contributed by atoms with Crippen LogP contribution < -0.4 is 0 Å². The summed E-state index contributed by atoms with van der Waals surface area (Å²) in [6, 6.07) is 10.2. The number of fused-ring (bicyclic) bond motifs is 1. The minimum Gasteiger partial charge on any atom is -0.367 e. The van der Waals surface area contributed by atoms with E-state index in [1.165, 1.54) is 11.1 Å². The van der Waals surface area contributed by atoms with Crippen molar-refractivity contribution < 1.29 is 4.79 Å². The van der Waals surface area contributed by atoms with Crippen LogP contribution in [0.5, 0.6) is 0 Å². The molecule has 17 heavy (non-hydrogen) atoms. The molecular formula is C15H15NO. The second-order valence-corrected chi connectivity index (χ2v) is 4.61. The molecule has 1 aromatic heterocycles. The van der Waals surface area contributed by atoms with Crippen LogP contribution in [-0.2, 0) is 6.42 Å². The van der Waals surface area contributed by atoms with Gasteiger partial charge >= 0.3 is 0 Å². The van der Waals surface area contributed by atoms with Crippen LogP contribution in [0.2, 0.25) is 0 Å². The van der Waals surface area contributed by atoms with Crippen molar-refractivity contribution in [1.29, 1.82) is 0 Å². The lowest BCUT2D eigenvalue weighted by Gasteiger charge is -2.24. The lowest BCUT2D eigenvalue weighted by Crippen LogP contribution is -2.18. The zero-order valence-electron chi connectivity index (χ0n) is 9.65. The number of hydrogen-bond donors (Lipinski definition) is 1. The maximum atomic E-state index is 12.4. The number of Topliss-reactive ketones (excluding diaryl/α,β-unsaturated/α-hetero) is 1. The standard InChI is InChI=1S/C15H15NO/c17-15(12-8-9-16-10-12)14-7-3-5-11-4-1-2-6-13(11)14/h1-2,4,6,8-10,14,16H,3,5,7H2. The van der Waals surface area contributed by atoms with E-state index < -0.39 is 0 Å².